The maximum Gasteiger partial charge on any atom is 0.241 e. The van der Waals surface area contributed by atoms with Crippen LogP contribution < -0.4 is 5.32 Å². The van der Waals surface area contributed by atoms with Crippen molar-refractivity contribution in [2.45, 2.75) is 25.9 Å². The number of rotatable bonds is 7. The minimum absolute atomic E-state index is 0.0797. The quantitative estimate of drug-likeness (QED) is 0.796. The number of aromatic nitrogens is 2. The predicted molar refractivity (Wildman–Crippen MR) is 87.4 cm³/mol. The van der Waals surface area contributed by atoms with Crippen molar-refractivity contribution >= 4 is 5.91 Å². The molecule has 0 saturated carbocycles. The summed E-state index contributed by atoms with van der Waals surface area (Å²) >= 11 is 0. The van der Waals surface area contributed by atoms with Crippen LogP contribution in [0, 0.1) is 12.7 Å². The van der Waals surface area contributed by atoms with Crippen molar-refractivity contribution < 1.29 is 9.18 Å². The molecule has 5 nitrogen and oxygen atoms in total. The summed E-state index contributed by atoms with van der Waals surface area (Å²) in [5.74, 6) is 0.583. The molecular formula is C17H23FN4O. The lowest BCUT2D eigenvalue weighted by Gasteiger charge is -2.24. The molecule has 0 saturated heterocycles. The summed E-state index contributed by atoms with van der Waals surface area (Å²) < 4.78 is 15.1. The first-order valence-corrected chi connectivity index (χ1v) is 7.66. The largest absolute Gasteiger partial charge is 0.354 e. The summed E-state index contributed by atoms with van der Waals surface area (Å²) in [6.45, 7) is 3.35. The zero-order chi connectivity index (χ0) is 16.8. The molecule has 1 atom stereocenters. The molecule has 0 radical (unpaired) electrons. The molecule has 0 unspecified atom stereocenters. The predicted octanol–water partition coefficient (Wildman–Crippen LogP) is 2.14. The Morgan fingerprint density at radius 2 is 2.04 bits per heavy atom. The van der Waals surface area contributed by atoms with Crippen LogP contribution in [0.4, 0.5) is 4.39 Å². The van der Waals surface area contributed by atoms with E-state index < -0.39 is 6.04 Å². The molecule has 1 aromatic carbocycles. The third-order valence-electron chi connectivity index (χ3n) is 3.75. The highest BCUT2D eigenvalue weighted by atomic mass is 19.1. The fourth-order valence-electron chi connectivity index (χ4n) is 2.53. The third kappa shape index (κ3) is 4.63. The van der Waals surface area contributed by atoms with Crippen molar-refractivity contribution in [1.29, 1.82) is 0 Å². The standard InChI is InChI=1S/C17H23FN4O/c1-13-19-10-12-22(13)11-4-9-20-17(23)16(21(2)3)14-5-7-15(18)8-6-14/h5-8,10,12,16H,4,9,11H2,1-3H3,(H,20,23)/t16-/m0/s1. The summed E-state index contributed by atoms with van der Waals surface area (Å²) in [6.07, 6.45) is 4.52. The number of hydrogen-bond donors (Lipinski definition) is 1. The molecule has 0 bridgehead atoms. The van der Waals surface area contributed by atoms with Crippen LogP contribution in [0.1, 0.15) is 23.9 Å². The van der Waals surface area contributed by atoms with E-state index in [-0.39, 0.29) is 11.7 Å². The number of halogens is 1. The lowest BCUT2D eigenvalue weighted by Crippen LogP contribution is -2.37. The molecule has 0 aliphatic carbocycles. The van der Waals surface area contributed by atoms with E-state index in [1.165, 1.54) is 12.1 Å². The molecule has 0 aliphatic heterocycles. The monoisotopic (exact) mass is 318 g/mol. The minimum atomic E-state index is -0.425. The summed E-state index contributed by atoms with van der Waals surface area (Å²) in [6, 6.07) is 5.62. The number of nitrogens with zero attached hydrogens (tertiary/aromatic N) is 3. The third-order valence-corrected chi connectivity index (χ3v) is 3.75. The van der Waals surface area contributed by atoms with Crippen LogP contribution in [0.25, 0.3) is 0 Å². The second-order valence-electron chi connectivity index (χ2n) is 5.73. The summed E-state index contributed by atoms with van der Waals surface area (Å²) in [7, 11) is 3.67. The van der Waals surface area contributed by atoms with E-state index in [1.807, 2.05) is 32.1 Å². The number of carbonyl (C=O) groups is 1. The fourth-order valence-corrected chi connectivity index (χ4v) is 2.53. The van der Waals surface area contributed by atoms with Crippen LogP contribution >= 0.6 is 0 Å². The van der Waals surface area contributed by atoms with Gasteiger partial charge in [-0.1, -0.05) is 12.1 Å². The van der Waals surface area contributed by atoms with Gasteiger partial charge in [0, 0.05) is 25.5 Å². The SMILES string of the molecule is Cc1nccn1CCCNC(=O)[C@H](c1ccc(F)cc1)N(C)C. The number of carbonyl (C=O) groups excluding carboxylic acids is 1. The number of imidazole rings is 1. The first-order valence-electron chi connectivity index (χ1n) is 7.66. The molecule has 124 valence electrons. The average Bonchev–Trinajstić information content (AvgIpc) is 2.91. The molecule has 1 aromatic heterocycles. The Morgan fingerprint density at radius 3 is 2.61 bits per heavy atom. The molecule has 2 aromatic rings. The van der Waals surface area contributed by atoms with Crippen LogP contribution in [0.15, 0.2) is 36.7 Å². The Balaban J connectivity index is 1.89. The second-order valence-corrected chi connectivity index (χ2v) is 5.73. The normalized spacial score (nSPS) is 12.4. The van der Waals surface area contributed by atoms with Gasteiger partial charge in [0.2, 0.25) is 5.91 Å². The molecule has 1 heterocycles. The van der Waals surface area contributed by atoms with Gasteiger partial charge < -0.3 is 9.88 Å². The summed E-state index contributed by atoms with van der Waals surface area (Å²) in [5.41, 5.74) is 0.777. The Labute approximate surface area is 136 Å². The first kappa shape index (κ1) is 17.1. The highest BCUT2D eigenvalue weighted by Gasteiger charge is 2.22. The molecule has 6 heteroatoms. The van der Waals surface area contributed by atoms with E-state index in [2.05, 4.69) is 14.9 Å². The van der Waals surface area contributed by atoms with Crippen molar-refractivity contribution in [3.63, 3.8) is 0 Å². The van der Waals surface area contributed by atoms with Crippen LogP contribution in [0.2, 0.25) is 0 Å². The van der Waals surface area contributed by atoms with Crippen LogP contribution in [-0.4, -0.2) is 41.0 Å². The van der Waals surface area contributed by atoms with Gasteiger partial charge in [-0.2, -0.15) is 0 Å². The summed E-state index contributed by atoms with van der Waals surface area (Å²) in [4.78, 5) is 18.4. The number of hydrogen-bond acceptors (Lipinski definition) is 3. The Hall–Kier alpha value is -2.21. The van der Waals surface area contributed by atoms with Gasteiger partial charge in [-0.3, -0.25) is 9.69 Å². The van der Waals surface area contributed by atoms with E-state index in [0.717, 1.165) is 24.4 Å². The Kier molecular flexibility index (Phi) is 5.87. The van der Waals surface area contributed by atoms with Crippen LogP contribution in [0.5, 0.6) is 0 Å². The average molecular weight is 318 g/mol. The van der Waals surface area contributed by atoms with Crippen molar-refractivity contribution in [2.75, 3.05) is 20.6 Å². The lowest BCUT2D eigenvalue weighted by molar-refractivity contribution is -0.125. The van der Waals surface area contributed by atoms with Gasteiger partial charge in [0.25, 0.3) is 0 Å². The van der Waals surface area contributed by atoms with E-state index >= 15 is 0 Å². The van der Waals surface area contributed by atoms with Gasteiger partial charge >= 0.3 is 0 Å². The number of likely N-dealkylation sites (N-methyl/N-ethyl adjacent to an activating group) is 1. The molecule has 23 heavy (non-hydrogen) atoms. The zero-order valence-corrected chi connectivity index (χ0v) is 13.8. The minimum Gasteiger partial charge on any atom is -0.354 e. The van der Waals surface area contributed by atoms with Gasteiger partial charge in [0.05, 0.1) is 0 Å². The van der Waals surface area contributed by atoms with Gasteiger partial charge in [-0.25, -0.2) is 9.37 Å². The van der Waals surface area contributed by atoms with E-state index in [9.17, 15) is 9.18 Å². The number of benzene rings is 1. The topological polar surface area (TPSA) is 50.2 Å². The maximum atomic E-state index is 13.0. The molecule has 2 rings (SSSR count). The second kappa shape index (κ2) is 7.87. The Morgan fingerprint density at radius 1 is 1.35 bits per heavy atom. The maximum absolute atomic E-state index is 13.0. The van der Waals surface area contributed by atoms with Crippen LogP contribution in [-0.2, 0) is 11.3 Å². The lowest BCUT2D eigenvalue weighted by atomic mass is 10.1. The van der Waals surface area contributed by atoms with Gasteiger partial charge in [0.1, 0.15) is 17.7 Å². The van der Waals surface area contributed by atoms with Gasteiger partial charge in [-0.05, 0) is 45.1 Å². The zero-order valence-electron chi connectivity index (χ0n) is 13.8. The van der Waals surface area contributed by atoms with Gasteiger partial charge in [0.15, 0.2) is 0 Å². The first-order chi connectivity index (χ1) is 11.0. The molecule has 1 N–H and O–H groups in total. The molecule has 0 spiro atoms. The van der Waals surface area contributed by atoms with Crippen LogP contribution in [0.3, 0.4) is 0 Å². The summed E-state index contributed by atoms with van der Waals surface area (Å²) in [5, 5.41) is 2.95. The number of aryl methyl sites for hydroxylation is 2. The van der Waals surface area contributed by atoms with Crippen molar-refractivity contribution in [3.05, 3.63) is 53.9 Å². The van der Waals surface area contributed by atoms with Crippen molar-refractivity contribution in [2.24, 2.45) is 0 Å². The smallest absolute Gasteiger partial charge is 0.241 e. The van der Waals surface area contributed by atoms with Crippen molar-refractivity contribution in [3.8, 4) is 0 Å². The molecule has 0 fully saturated rings. The van der Waals surface area contributed by atoms with Crippen molar-refractivity contribution in [1.82, 2.24) is 19.8 Å². The van der Waals surface area contributed by atoms with E-state index in [0.29, 0.717) is 6.54 Å². The highest BCUT2D eigenvalue weighted by Crippen LogP contribution is 2.18. The van der Waals surface area contributed by atoms with Gasteiger partial charge in [-0.15, -0.1) is 0 Å². The van der Waals surface area contributed by atoms with E-state index in [4.69, 9.17) is 0 Å². The molecule has 0 aliphatic rings. The Bertz CT molecular complexity index is 636. The molecule has 1 amide bonds. The fraction of sp³-hybridized carbons (Fsp3) is 0.412. The highest BCUT2D eigenvalue weighted by molar-refractivity contribution is 5.83. The number of amides is 1. The number of nitrogens with one attached hydrogen (secondary N) is 1. The van der Waals surface area contributed by atoms with E-state index in [1.54, 1.807) is 18.3 Å². The molecular weight excluding hydrogens is 295 g/mol.